The number of aliphatic carboxylic acids is 1. The van der Waals surface area contributed by atoms with Crippen LogP contribution in [0.5, 0.6) is 0 Å². The molecule has 0 aliphatic carbocycles. The van der Waals surface area contributed by atoms with Crippen molar-refractivity contribution >= 4 is 17.5 Å². The normalized spacial score (nSPS) is 14.3. The summed E-state index contributed by atoms with van der Waals surface area (Å²) in [5.74, 6) is 0.212. The number of hydrogen-bond donors (Lipinski definition) is 1. The largest absolute Gasteiger partial charge is 0.481 e. The summed E-state index contributed by atoms with van der Waals surface area (Å²) in [4.78, 5) is 19.4. The Balaban J connectivity index is 2.04. The van der Waals surface area contributed by atoms with Crippen molar-refractivity contribution < 1.29 is 9.90 Å². The van der Waals surface area contributed by atoms with Crippen LogP contribution in [0.2, 0.25) is 0 Å². The van der Waals surface area contributed by atoms with Crippen molar-refractivity contribution in [3.8, 4) is 0 Å². The monoisotopic (exact) mass is 275 g/mol. The van der Waals surface area contributed by atoms with E-state index < -0.39 is 5.97 Å². The van der Waals surface area contributed by atoms with Gasteiger partial charge in [-0.25, -0.2) is 4.98 Å². The minimum Gasteiger partial charge on any atom is -0.481 e. The summed E-state index contributed by atoms with van der Waals surface area (Å²) >= 11 is 0. The predicted octanol–water partition coefficient (Wildman–Crippen LogP) is 2.15. The summed E-state index contributed by atoms with van der Waals surface area (Å²) in [5.41, 5.74) is 0.939. The first-order valence-corrected chi connectivity index (χ1v) is 6.99. The van der Waals surface area contributed by atoms with Crippen molar-refractivity contribution in [2.45, 2.75) is 19.3 Å². The zero-order valence-corrected chi connectivity index (χ0v) is 11.7. The Labute approximate surface area is 119 Å². The van der Waals surface area contributed by atoms with Gasteiger partial charge in [-0.2, -0.15) is 0 Å². The fraction of sp³-hybridized carbons (Fsp3) is 0.467. The van der Waals surface area contributed by atoms with Crippen LogP contribution in [-0.2, 0) is 4.79 Å². The molecule has 20 heavy (non-hydrogen) atoms. The zero-order valence-electron chi connectivity index (χ0n) is 11.7. The molecule has 2 heterocycles. The first kappa shape index (κ1) is 14.4. The summed E-state index contributed by atoms with van der Waals surface area (Å²) < 4.78 is 0. The molecular formula is C15H21N3O2. The fourth-order valence-corrected chi connectivity index (χ4v) is 2.41. The van der Waals surface area contributed by atoms with Crippen LogP contribution in [0.25, 0.3) is 0 Å². The third kappa shape index (κ3) is 3.73. The molecule has 1 saturated heterocycles. The Bertz CT molecular complexity index is 453. The average molecular weight is 275 g/mol. The topological polar surface area (TPSA) is 56.7 Å². The van der Waals surface area contributed by atoms with E-state index in [1.165, 1.54) is 12.8 Å². The van der Waals surface area contributed by atoms with Gasteiger partial charge in [0.1, 0.15) is 5.82 Å². The predicted molar refractivity (Wildman–Crippen MR) is 80.3 cm³/mol. The molecular weight excluding hydrogens is 254 g/mol. The zero-order chi connectivity index (χ0) is 14.4. The molecule has 0 saturated carbocycles. The third-order valence-corrected chi connectivity index (χ3v) is 3.47. The van der Waals surface area contributed by atoms with Gasteiger partial charge < -0.3 is 14.9 Å². The lowest BCUT2D eigenvalue weighted by atomic mass is 10.3. The molecule has 0 amide bonds. The molecule has 1 aliphatic rings. The molecule has 1 aliphatic heterocycles. The van der Waals surface area contributed by atoms with E-state index in [1.54, 1.807) is 6.08 Å². The molecule has 2 rings (SSSR count). The van der Waals surface area contributed by atoms with Gasteiger partial charge in [0.25, 0.3) is 0 Å². The minimum absolute atomic E-state index is 0.113. The summed E-state index contributed by atoms with van der Waals surface area (Å²) in [6, 6.07) is 4.02. The molecule has 5 heteroatoms. The lowest BCUT2D eigenvalue weighted by Crippen LogP contribution is -2.26. The highest BCUT2D eigenvalue weighted by Gasteiger charge is 2.14. The lowest BCUT2D eigenvalue weighted by Gasteiger charge is -2.23. The van der Waals surface area contributed by atoms with E-state index in [4.69, 9.17) is 5.11 Å². The van der Waals surface area contributed by atoms with E-state index in [2.05, 4.69) is 16.5 Å². The Kier molecular flexibility index (Phi) is 4.98. The van der Waals surface area contributed by atoms with E-state index in [0.717, 1.165) is 24.6 Å². The van der Waals surface area contributed by atoms with E-state index >= 15 is 0 Å². The van der Waals surface area contributed by atoms with Crippen LogP contribution in [0, 0.1) is 0 Å². The Morgan fingerprint density at radius 1 is 1.45 bits per heavy atom. The number of pyridine rings is 1. The van der Waals surface area contributed by atoms with Gasteiger partial charge in [0.15, 0.2) is 0 Å². The molecule has 0 aromatic carbocycles. The van der Waals surface area contributed by atoms with Crippen LogP contribution in [0.15, 0.2) is 31.0 Å². The van der Waals surface area contributed by atoms with Crippen LogP contribution in [-0.4, -0.2) is 42.2 Å². The Morgan fingerprint density at radius 3 is 2.75 bits per heavy atom. The third-order valence-electron chi connectivity index (χ3n) is 3.47. The quantitative estimate of drug-likeness (QED) is 0.773. The van der Waals surface area contributed by atoms with Gasteiger partial charge in [-0.05, 0) is 25.0 Å². The molecule has 5 nitrogen and oxygen atoms in total. The van der Waals surface area contributed by atoms with Crippen LogP contribution >= 0.6 is 0 Å². The number of carbonyl (C=O) groups is 1. The van der Waals surface area contributed by atoms with Crippen LogP contribution in [0.3, 0.4) is 0 Å². The summed E-state index contributed by atoms with van der Waals surface area (Å²) in [6.45, 7) is 6.95. The van der Waals surface area contributed by atoms with Crippen molar-refractivity contribution in [2.75, 3.05) is 36.0 Å². The van der Waals surface area contributed by atoms with Gasteiger partial charge in [0.05, 0.1) is 18.3 Å². The molecule has 0 radical (unpaired) electrons. The maximum absolute atomic E-state index is 10.7. The second kappa shape index (κ2) is 6.93. The Hall–Kier alpha value is -2.04. The van der Waals surface area contributed by atoms with Gasteiger partial charge in [0, 0.05) is 26.2 Å². The highest BCUT2D eigenvalue weighted by atomic mass is 16.4. The Morgan fingerprint density at radius 2 is 2.20 bits per heavy atom. The van der Waals surface area contributed by atoms with E-state index in [1.807, 2.05) is 23.2 Å². The smallest absolute Gasteiger partial charge is 0.305 e. The second-order valence-electron chi connectivity index (χ2n) is 4.95. The molecule has 1 aromatic heterocycles. The van der Waals surface area contributed by atoms with Crippen LogP contribution in [0.4, 0.5) is 11.5 Å². The van der Waals surface area contributed by atoms with Gasteiger partial charge in [-0.1, -0.05) is 6.08 Å². The highest BCUT2D eigenvalue weighted by molar-refractivity contribution is 5.67. The second-order valence-corrected chi connectivity index (χ2v) is 4.95. The highest BCUT2D eigenvalue weighted by Crippen LogP contribution is 2.21. The molecule has 0 spiro atoms. The van der Waals surface area contributed by atoms with Crippen LogP contribution < -0.4 is 9.80 Å². The number of aromatic nitrogens is 1. The molecule has 1 fully saturated rings. The van der Waals surface area contributed by atoms with Gasteiger partial charge >= 0.3 is 5.97 Å². The first-order chi connectivity index (χ1) is 9.70. The number of rotatable bonds is 7. The summed E-state index contributed by atoms with van der Waals surface area (Å²) in [6.07, 6.45) is 6.16. The SMILES string of the molecule is C=CCN(CCC(=O)O)c1ccc(N2CCCC2)nc1. The summed E-state index contributed by atoms with van der Waals surface area (Å²) in [5, 5.41) is 8.79. The van der Waals surface area contributed by atoms with Gasteiger partial charge in [-0.15, -0.1) is 6.58 Å². The van der Waals surface area contributed by atoms with Crippen molar-refractivity contribution in [1.29, 1.82) is 0 Å². The number of nitrogens with zero attached hydrogens (tertiary/aromatic N) is 3. The number of carboxylic acids is 1. The van der Waals surface area contributed by atoms with Crippen molar-refractivity contribution in [3.63, 3.8) is 0 Å². The van der Waals surface area contributed by atoms with Crippen molar-refractivity contribution in [1.82, 2.24) is 4.98 Å². The molecule has 0 unspecified atom stereocenters. The first-order valence-electron chi connectivity index (χ1n) is 6.99. The molecule has 0 bridgehead atoms. The average Bonchev–Trinajstić information content (AvgIpc) is 2.97. The molecule has 0 atom stereocenters. The van der Waals surface area contributed by atoms with Crippen molar-refractivity contribution in [2.24, 2.45) is 0 Å². The fourth-order valence-electron chi connectivity index (χ4n) is 2.41. The molecule has 1 aromatic rings. The van der Waals surface area contributed by atoms with E-state index in [9.17, 15) is 4.79 Å². The lowest BCUT2D eigenvalue weighted by molar-refractivity contribution is -0.136. The number of carboxylic acid groups (broad SMARTS) is 1. The van der Waals surface area contributed by atoms with E-state index in [0.29, 0.717) is 13.1 Å². The maximum atomic E-state index is 10.7. The maximum Gasteiger partial charge on any atom is 0.305 e. The number of hydrogen-bond acceptors (Lipinski definition) is 4. The minimum atomic E-state index is -0.791. The molecule has 1 N–H and O–H groups in total. The molecule has 108 valence electrons. The van der Waals surface area contributed by atoms with Gasteiger partial charge in [0.2, 0.25) is 0 Å². The summed E-state index contributed by atoms with van der Waals surface area (Å²) in [7, 11) is 0. The number of anilines is 2. The van der Waals surface area contributed by atoms with Crippen molar-refractivity contribution in [3.05, 3.63) is 31.0 Å². The standard InChI is InChI=1S/C15H21N3O2/c1-2-8-17(11-7-15(19)20)13-5-6-14(16-12-13)18-9-3-4-10-18/h2,5-6,12H,1,3-4,7-11H2,(H,19,20). The van der Waals surface area contributed by atoms with E-state index in [-0.39, 0.29) is 6.42 Å². The van der Waals surface area contributed by atoms with Crippen LogP contribution in [0.1, 0.15) is 19.3 Å². The van der Waals surface area contributed by atoms with Gasteiger partial charge in [-0.3, -0.25) is 4.79 Å².